The number of anilines is 3. The van der Waals surface area contributed by atoms with Crippen molar-refractivity contribution < 1.29 is 9.84 Å². The van der Waals surface area contributed by atoms with E-state index in [2.05, 4.69) is 15.2 Å². The number of ether oxygens (including phenoxy) is 1. The van der Waals surface area contributed by atoms with Gasteiger partial charge in [0, 0.05) is 25.4 Å². The Morgan fingerprint density at radius 3 is 2.64 bits per heavy atom. The lowest BCUT2D eigenvalue weighted by Crippen LogP contribution is -2.37. The molecular weight excluding hydrogens is 318 g/mol. The molecule has 7 nitrogen and oxygen atoms in total. The minimum atomic E-state index is 0.161. The first-order chi connectivity index (χ1) is 12.3. The summed E-state index contributed by atoms with van der Waals surface area (Å²) in [6, 6.07) is 12.0. The van der Waals surface area contributed by atoms with E-state index in [9.17, 15) is 0 Å². The fraction of sp³-hybridized carbons (Fsp3) is 0.333. The number of hydrogen-bond donors (Lipinski definition) is 2. The SMILES string of the molecule is OCCc1ccc(Nc2cnc3ccc(N4CCOCC4)nn23)cc1. The molecule has 7 heteroatoms. The summed E-state index contributed by atoms with van der Waals surface area (Å²) in [4.78, 5) is 6.63. The highest BCUT2D eigenvalue weighted by atomic mass is 16.5. The Kier molecular flexibility index (Phi) is 4.49. The molecule has 0 radical (unpaired) electrons. The van der Waals surface area contributed by atoms with Gasteiger partial charge >= 0.3 is 0 Å². The van der Waals surface area contributed by atoms with E-state index in [4.69, 9.17) is 14.9 Å². The second-order valence-electron chi connectivity index (χ2n) is 6.00. The summed E-state index contributed by atoms with van der Waals surface area (Å²) < 4.78 is 7.23. The minimum absolute atomic E-state index is 0.161. The van der Waals surface area contributed by atoms with Crippen LogP contribution in [0.4, 0.5) is 17.3 Å². The Morgan fingerprint density at radius 1 is 1.08 bits per heavy atom. The minimum Gasteiger partial charge on any atom is -0.396 e. The number of fused-ring (bicyclic) bond motifs is 1. The van der Waals surface area contributed by atoms with Crippen molar-refractivity contribution in [2.75, 3.05) is 43.1 Å². The summed E-state index contributed by atoms with van der Waals surface area (Å²) in [7, 11) is 0. The molecule has 0 bridgehead atoms. The average molecular weight is 339 g/mol. The van der Waals surface area contributed by atoms with E-state index in [1.807, 2.05) is 40.9 Å². The van der Waals surface area contributed by atoms with Crippen molar-refractivity contribution >= 4 is 23.0 Å². The van der Waals surface area contributed by atoms with Crippen molar-refractivity contribution in [3.63, 3.8) is 0 Å². The van der Waals surface area contributed by atoms with Gasteiger partial charge in [-0.2, -0.15) is 4.52 Å². The lowest BCUT2D eigenvalue weighted by Gasteiger charge is -2.27. The molecule has 3 heterocycles. The zero-order valence-corrected chi connectivity index (χ0v) is 13.9. The van der Waals surface area contributed by atoms with Crippen molar-refractivity contribution in [1.29, 1.82) is 0 Å². The summed E-state index contributed by atoms with van der Waals surface area (Å²) in [6.07, 6.45) is 2.45. The first-order valence-corrected chi connectivity index (χ1v) is 8.48. The van der Waals surface area contributed by atoms with E-state index in [-0.39, 0.29) is 6.61 Å². The van der Waals surface area contributed by atoms with E-state index in [1.165, 1.54) is 0 Å². The number of aromatic nitrogens is 3. The molecule has 0 saturated carbocycles. The molecule has 0 spiro atoms. The molecule has 0 aliphatic carbocycles. The van der Waals surface area contributed by atoms with Gasteiger partial charge in [-0.3, -0.25) is 0 Å². The van der Waals surface area contributed by atoms with Crippen LogP contribution in [-0.2, 0) is 11.2 Å². The van der Waals surface area contributed by atoms with Gasteiger partial charge in [-0.1, -0.05) is 12.1 Å². The Balaban J connectivity index is 1.58. The fourth-order valence-electron chi connectivity index (χ4n) is 2.94. The Bertz CT molecular complexity index is 840. The molecular formula is C18H21N5O2. The van der Waals surface area contributed by atoms with E-state index < -0.39 is 0 Å². The second-order valence-corrected chi connectivity index (χ2v) is 6.00. The molecule has 2 N–H and O–H groups in total. The van der Waals surface area contributed by atoms with Crippen LogP contribution in [0, 0.1) is 0 Å². The maximum absolute atomic E-state index is 9.00. The molecule has 1 aliphatic rings. The molecule has 1 saturated heterocycles. The molecule has 1 aromatic carbocycles. The Morgan fingerprint density at radius 2 is 1.88 bits per heavy atom. The Labute approximate surface area is 145 Å². The van der Waals surface area contributed by atoms with Gasteiger partial charge in [0.2, 0.25) is 0 Å². The Hall–Kier alpha value is -2.64. The van der Waals surface area contributed by atoms with Gasteiger partial charge in [-0.05, 0) is 36.2 Å². The summed E-state index contributed by atoms with van der Waals surface area (Å²) >= 11 is 0. The van der Waals surface area contributed by atoms with Gasteiger partial charge in [0.15, 0.2) is 11.5 Å². The zero-order chi connectivity index (χ0) is 17.1. The van der Waals surface area contributed by atoms with E-state index in [0.717, 1.165) is 54.8 Å². The first-order valence-electron chi connectivity index (χ1n) is 8.48. The molecule has 3 aromatic rings. The molecule has 0 amide bonds. The lowest BCUT2D eigenvalue weighted by atomic mass is 10.1. The number of hydrogen-bond acceptors (Lipinski definition) is 6. The highest BCUT2D eigenvalue weighted by molar-refractivity contribution is 5.60. The van der Waals surface area contributed by atoms with Crippen LogP contribution in [0.1, 0.15) is 5.56 Å². The maximum atomic E-state index is 9.00. The second kappa shape index (κ2) is 7.08. The molecule has 0 atom stereocenters. The van der Waals surface area contributed by atoms with Crippen LogP contribution in [0.2, 0.25) is 0 Å². The smallest absolute Gasteiger partial charge is 0.156 e. The van der Waals surface area contributed by atoms with Crippen LogP contribution in [0.3, 0.4) is 0 Å². The number of imidazole rings is 1. The van der Waals surface area contributed by atoms with E-state index in [0.29, 0.717) is 6.42 Å². The maximum Gasteiger partial charge on any atom is 0.156 e. The van der Waals surface area contributed by atoms with Crippen LogP contribution >= 0.6 is 0 Å². The monoisotopic (exact) mass is 339 g/mol. The van der Waals surface area contributed by atoms with Crippen LogP contribution in [-0.4, -0.2) is 52.6 Å². The van der Waals surface area contributed by atoms with Gasteiger partial charge in [0.1, 0.15) is 5.82 Å². The number of benzene rings is 1. The summed E-state index contributed by atoms with van der Waals surface area (Å²) in [5.74, 6) is 1.75. The third kappa shape index (κ3) is 3.42. The first kappa shape index (κ1) is 15.9. The molecule has 25 heavy (non-hydrogen) atoms. The van der Waals surface area contributed by atoms with Crippen molar-refractivity contribution in [2.45, 2.75) is 6.42 Å². The van der Waals surface area contributed by atoms with Gasteiger partial charge in [-0.25, -0.2) is 4.98 Å². The normalized spacial score (nSPS) is 14.8. The highest BCUT2D eigenvalue weighted by Crippen LogP contribution is 2.20. The standard InChI is InChI=1S/C18H21N5O2/c24-10-7-14-1-3-15(4-2-14)20-18-13-19-16-5-6-17(21-23(16)18)22-8-11-25-12-9-22/h1-6,13,20,24H,7-12H2. The number of morpholine rings is 1. The fourth-order valence-corrected chi connectivity index (χ4v) is 2.94. The quantitative estimate of drug-likeness (QED) is 0.739. The lowest BCUT2D eigenvalue weighted by molar-refractivity contribution is 0.122. The third-order valence-corrected chi connectivity index (χ3v) is 4.31. The summed E-state index contributed by atoms with van der Waals surface area (Å²) in [5, 5.41) is 17.1. The molecule has 2 aromatic heterocycles. The molecule has 130 valence electrons. The zero-order valence-electron chi connectivity index (χ0n) is 13.9. The topological polar surface area (TPSA) is 74.9 Å². The van der Waals surface area contributed by atoms with Crippen LogP contribution in [0.15, 0.2) is 42.6 Å². The predicted octanol–water partition coefficient (Wildman–Crippen LogP) is 1.84. The van der Waals surface area contributed by atoms with Crippen molar-refractivity contribution in [2.24, 2.45) is 0 Å². The summed E-state index contributed by atoms with van der Waals surface area (Å²) in [6.45, 7) is 3.32. The van der Waals surface area contributed by atoms with E-state index >= 15 is 0 Å². The number of nitrogens with zero attached hydrogens (tertiary/aromatic N) is 4. The van der Waals surface area contributed by atoms with E-state index in [1.54, 1.807) is 6.20 Å². The van der Waals surface area contributed by atoms with Crippen LogP contribution in [0.25, 0.3) is 5.65 Å². The molecule has 0 unspecified atom stereocenters. The van der Waals surface area contributed by atoms with Crippen molar-refractivity contribution in [3.8, 4) is 0 Å². The third-order valence-electron chi connectivity index (χ3n) is 4.31. The molecule has 1 aliphatic heterocycles. The van der Waals surface area contributed by atoms with Crippen molar-refractivity contribution in [1.82, 2.24) is 14.6 Å². The van der Waals surface area contributed by atoms with Gasteiger partial charge in [0.25, 0.3) is 0 Å². The van der Waals surface area contributed by atoms with Crippen LogP contribution in [0.5, 0.6) is 0 Å². The van der Waals surface area contributed by atoms with Gasteiger partial charge in [-0.15, -0.1) is 5.10 Å². The predicted molar refractivity (Wildman–Crippen MR) is 96.5 cm³/mol. The number of nitrogens with one attached hydrogen (secondary N) is 1. The van der Waals surface area contributed by atoms with Gasteiger partial charge < -0.3 is 20.1 Å². The average Bonchev–Trinajstić information content (AvgIpc) is 3.06. The number of aliphatic hydroxyl groups is 1. The summed E-state index contributed by atoms with van der Waals surface area (Å²) in [5.41, 5.74) is 2.87. The van der Waals surface area contributed by atoms with Crippen LogP contribution < -0.4 is 10.2 Å². The largest absolute Gasteiger partial charge is 0.396 e. The van der Waals surface area contributed by atoms with Crippen molar-refractivity contribution in [3.05, 3.63) is 48.2 Å². The molecule has 1 fully saturated rings. The number of aliphatic hydroxyl groups excluding tert-OH is 1. The highest BCUT2D eigenvalue weighted by Gasteiger charge is 2.14. The van der Waals surface area contributed by atoms with Gasteiger partial charge in [0.05, 0.1) is 19.4 Å². The molecule has 4 rings (SSSR count). The number of rotatable bonds is 5.